The van der Waals surface area contributed by atoms with Gasteiger partial charge in [0.25, 0.3) is 0 Å². The minimum Gasteiger partial charge on any atom is -0.480 e. The van der Waals surface area contributed by atoms with Crippen molar-refractivity contribution in [3.8, 4) is 0 Å². The predicted molar refractivity (Wildman–Crippen MR) is 131 cm³/mol. The summed E-state index contributed by atoms with van der Waals surface area (Å²) in [5, 5.41) is 18.1. The third-order valence-corrected chi connectivity index (χ3v) is 6.89. The number of fused-ring (bicyclic) bond motifs is 1. The van der Waals surface area contributed by atoms with E-state index in [0.29, 0.717) is 13.0 Å². The second-order valence-electron chi connectivity index (χ2n) is 9.54. The maximum atomic E-state index is 12.7. The average molecular weight is 474 g/mol. The highest BCUT2D eigenvalue weighted by Gasteiger charge is 2.28. The number of likely N-dealkylation sites (tertiary alicyclic amines) is 1. The molecule has 0 aliphatic carbocycles. The first-order valence-corrected chi connectivity index (χ1v) is 12.6. The molecule has 0 bridgehead atoms. The molecule has 0 saturated carbocycles. The fraction of sp³-hybridized carbons (Fsp3) is 0.680. The van der Waals surface area contributed by atoms with E-state index in [4.69, 9.17) is 4.98 Å². The van der Waals surface area contributed by atoms with Crippen LogP contribution in [0.4, 0.5) is 5.82 Å². The Morgan fingerprint density at radius 1 is 1.29 bits per heavy atom. The standard InChI is InChI=1S/C25H39N5O4/c1-3-17(2)23(31)29-21(25(33)34)15-27-24(32)19-8-5-13-30(16-19)14-6-9-20-11-10-18-7-4-12-26-22(18)28-20/h10-11,17,19,21H,3-9,12-16H2,1-2H3,(H,26,28)(H,27,32)(H,29,31)(H,33,34)/t17-,19+,21-/m0/s1. The molecule has 1 aromatic rings. The first kappa shape index (κ1) is 25.9. The summed E-state index contributed by atoms with van der Waals surface area (Å²) in [5.41, 5.74) is 2.39. The normalized spacial score (nSPS) is 19.9. The molecule has 0 spiro atoms. The number of rotatable bonds is 11. The zero-order valence-corrected chi connectivity index (χ0v) is 20.4. The average Bonchev–Trinajstić information content (AvgIpc) is 2.85. The van der Waals surface area contributed by atoms with Crippen molar-refractivity contribution in [3.63, 3.8) is 0 Å². The molecule has 9 heteroatoms. The highest BCUT2D eigenvalue weighted by molar-refractivity contribution is 5.86. The molecule has 0 radical (unpaired) electrons. The van der Waals surface area contributed by atoms with Crippen LogP contribution in [0, 0.1) is 11.8 Å². The summed E-state index contributed by atoms with van der Waals surface area (Å²) in [6, 6.07) is 3.18. The van der Waals surface area contributed by atoms with Crippen LogP contribution >= 0.6 is 0 Å². The minimum absolute atomic E-state index is 0.106. The van der Waals surface area contributed by atoms with Crippen molar-refractivity contribution < 1.29 is 19.5 Å². The van der Waals surface area contributed by atoms with Gasteiger partial charge in [0.05, 0.1) is 5.92 Å². The number of carbonyl (C=O) groups excluding carboxylic acids is 2. The van der Waals surface area contributed by atoms with Crippen molar-refractivity contribution in [1.29, 1.82) is 0 Å². The molecule has 3 atom stereocenters. The Morgan fingerprint density at radius 3 is 2.88 bits per heavy atom. The lowest BCUT2D eigenvalue weighted by molar-refractivity contribution is -0.142. The molecule has 188 valence electrons. The van der Waals surface area contributed by atoms with Gasteiger partial charge in [-0.25, -0.2) is 9.78 Å². The molecule has 2 aliphatic heterocycles. The van der Waals surface area contributed by atoms with Crippen molar-refractivity contribution in [2.24, 2.45) is 11.8 Å². The molecular weight excluding hydrogens is 434 g/mol. The third kappa shape index (κ3) is 7.41. The molecular formula is C25H39N5O4. The van der Waals surface area contributed by atoms with E-state index in [1.807, 2.05) is 6.92 Å². The summed E-state index contributed by atoms with van der Waals surface area (Å²) in [6.45, 7) is 7.04. The molecule has 3 heterocycles. The van der Waals surface area contributed by atoms with E-state index in [2.05, 4.69) is 33.0 Å². The number of hydrogen-bond acceptors (Lipinski definition) is 6. The topological polar surface area (TPSA) is 124 Å². The molecule has 1 aromatic heterocycles. The van der Waals surface area contributed by atoms with E-state index in [0.717, 1.165) is 69.7 Å². The van der Waals surface area contributed by atoms with Gasteiger partial charge >= 0.3 is 5.97 Å². The fourth-order valence-corrected chi connectivity index (χ4v) is 4.51. The van der Waals surface area contributed by atoms with Gasteiger partial charge in [0, 0.05) is 31.2 Å². The first-order valence-electron chi connectivity index (χ1n) is 12.6. The number of carboxylic acids is 1. The van der Waals surface area contributed by atoms with Crippen LogP contribution < -0.4 is 16.0 Å². The molecule has 1 fully saturated rings. The molecule has 2 amide bonds. The van der Waals surface area contributed by atoms with Gasteiger partial charge < -0.3 is 26.0 Å². The number of aliphatic carboxylic acids is 1. The lowest BCUT2D eigenvalue weighted by Crippen LogP contribution is -2.51. The molecule has 9 nitrogen and oxygen atoms in total. The van der Waals surface area contributed by atoms with Gasteiger partial charge in [0.1, 0.15) is 11.9 Å². The van der Waals surface area contributed by atoms with E-state index in [1.54, 1.807) is 6.92 Å². The van der Waals surface area contributed by atoms with Crippen LogP contribution in [0.1, 0.15) is 57.2 Å². The van der Waals surface area contributed by atoms with Crippen LogP contribution in [-0.2, 0) is 27.2 Å². The predicted octanol–water partition coefficient (Wildman–Crippen LogP) is 1.82. The van der Waals surface area contributed by atoms with E-state index in [-0.39, 0.29) is 30.2 Å². The van der Waals surface area contributed by atoms with Crippen molar-refractivity contribution in [3.05, 3.63) is 23.4 Å². The number of pyridine rings is 1. The number of aromatic nitrogens is 1. The third-order valence-electron chi connectivity index (χ3n) is 6.89. The Hall–Kier alpha value is -2.68. The van der Waals surface area contributed by atoms with Crippen molar-refractivity contribution in [1.82, 2.24) is 20.5 Å². The van der Waals surface area contributed by atoms with Gasteiger partial charge in [0.2, 0.25) is 11.8 Å². The van der Waals surface area contributed by atoms with Gasteiger partial charge in [-0.15, -0.1) is 0 Å². The number of hydrogen-bond donors (Lipinski definition) is 4. The maximum absolute atomic E-state index is 12.7. The summed E-state index contributed by atoms with van der Waals surface area (Å²) < 4.78 is 0. The maximum Gasteiger partial charge on any atom is 0.328 e. The Bertz CT molecular complexity index is 862. The van der Waals surface area contributed by atoms with Crippen molar-refractivity contribution in [2.45, 2.75) is 64.8 Å². The number of carboxylic acid groups (broad SMARTS) is 1. The van der Waals surface area contributed by atoms with Crippen LogP contribution in [-0.4, -0.2) is 71.5 Å². The summed E-state index contributed by atoms with van der Waals surface area (Å²) in [6.07, 6.45) is 6.47. The molecule has 34 heavy (non-hydrogen) atoms. The number of nitrogens with one attached hydrogen (secondary N) is 3. The van der Waals surface area contributed by atoms with Gasteiger partial charge in [0.15, 0.2) is 0 Å². The van der Waals surface area contributed by atoms with Crippen LogP contribution in [0.5, 0.6) is 0 Å². The zero-order chi connectivity index (χ0) is 24.5. The quantitative estimate of drug-likeness (QED) is 0.386. The molecule has 4 N–H and O–H groups in total. The van der Waals surface area contributed by atoms with E-state index >= 15 is 0 Å². The highest BCUT2D eigenvalue weighted by atomic mass is 16.4. The Balaban J connectivity index is 1.42. The summed E-state index contributed by atoms with van der Waals surface area (Å²) in [7, 11) is 0. The van der Waals surface area contributed by atoms with E-state index in [1.165, 1.54) is 5.56 Å². The number of anilines is 1. The fourth-order valence-electron chi connectivity index (χ4n) is 4.51. The van der Waals surface area contributed by atoms with E-state index in [9.17, 15) is 19.5 Å². The van der Waals surface area contributed by atoms with Gasteiger partial charge in [-0.2, -0.15) is 0 Å². The van der Waals surface area contributed by atoms with Crippen LogP contribution in [0.15, 0.2) is 12.1 Å². The number of piperidine rings is 1. The number of aryl methyl sites for hydroxylation is 2. The SMILES string of the molecule is CC[C@H](C)C(=O)N[C@@H](CNC(=O)[C@@H]1CCCN(CCCc2ccc3c(n2)NCCC3)C1)C(=O)O. The number of amides is 2. The van der Waals surface area contributed by atoms with Crippen LogP contribution in [0.25, 0.3) is 0 Å². The Morgan fingerprint density at radius 2 is 2.12 bits per heavy atom. The lowest BCUT2D eigenvalue weighted by atomic mass is 9.96. The summed E-state index contributed by atoms with van der Waals surface area (Å²) in [4.78, 5) is 43.4. The van der Waals surface area contributed by atoms with Gasteiger partial charge in [-0.05, 0) is 69.7 Å². The second-order valence-corrected chi connectivity index (χ2v) is 9.54. The van der Waals surface area contributed by atoms with Crippen LogP contribution in [0.3, 0.4) is 0 Å². The highest BCUT2D eigenvalue weighted by Crippen LogP contribution is 2.21. The molecule has 0 aromatic carbocycles. The summed E-state index contributed by atoms with van der Waals surface area (Å²) >= 11 is 0. The van der Waals surface area contributed by atoms with Gasteiger partial charge in [-0.3, -0.25) is 9.59 Å². The Labute approximate surface area is 202 Å². The lowest BCUT2D eigenvalue weighted by Gasteiger charge is -2.32. The minimum atomic E-state index is -1.15. The van der Waals surface area contributed by atoms with Crippen molar-refractivity contribution >= 4 is 23.6 Å². The number of nitrogens with zero attached hydrogens (tertiary/aromatic N) is 2. The zero-order valence-electron chi connectivity index (χ0n) is 20.4. The molecule has 3 rings (SSSR count). The molecule has 0 unspecified atom stereocenters. The Kier molecular flexibility index (Phi) is 9.68. The molecule has 1 saturated heterocycles. The largest absolute Gasteiger partial charge is 0.480 e. The monoisotopic (exact) mass is 473 g/mol. The summed E-state index contributed by atoms with van der Waals surface area (Å²) in [5.74, 6) is -1.00. The van der Waals surface area contributed by atoms with Gasteiger partial charge in [-0.1, -0.05) is 19.9 Å². The van der Waals surface area contributed by atoms with Crippen LogP contribution in [0.2, 0.25) is 0 Å². The van der Waals surface area contributed by atoms with Crippen molar-refractivity contribution in [2.75, 3.05) is 38.0 Å². The smallest absolute Gasteiger partial charge is 0.328 e. The first-order chi connectivity index (χ1) is 16.4. The van der Waals surface area contributed by atoms with E-state index < -0.39 is 12.0 Å². The number of carbonyl (C=O) groups is 3. The second kappa shape index (κ2) is 12.7. The molecule has 2 aliphatic rings.